The summed E-state index contributed by atoms with van der Waals surface area (Å²) < 4.78 is 0.720. The minimum atomic E-state index is -0.350. The molecule has 0 spiro atoms. The normalized spacial score (nSPS) is 12.1. The number of nitro groups is 1. The number of nitrogens with zero attached hydrogens (tertiary/aromatic N) is 1. The van der Waals surface area contributed by atoms with E-state index in [-0.39, 0.29) is 16.7 Å². The molecule has 1 atom stereocenters. The van der Waals surface area contributed by atoms with Crippen LogP contribution in [0, 0.1) is 10.1 Å². The molecule has 0 aliphatic heterocycles. The van der Waals surface area contributed by atoms with Crippen LogP contribution in [0.25, 0.3) is 10.8 Å². The number of halogens is 1. The fourth-order valence-electron chi connectivity index (χ4n) is 2.65. The third-order valence-corrected chi connectivity index (χ3v) is 4.49. The first kappa shape index (κ1) is 15.5. The SMILES string of the molecule is CC(Nc1c([N+](=O)[O-])cc(Br)c2ccccc12)c1ccccc1. The maximum Gasteiger partial charge on any atom is 0.294 e. The highest BCUT2D eigenvalue weighted by Gasteiger charge is 2.21. The molecule has 0 heterocycles. The third kappa shape index (κ3) is 3.05. The van der Waals surface area contributed by atoms with Crippen molar-refractivity contribution in [2.45, 2.75) is 13.0 Å². The Morgan fingerprint density at radius 3 is 2.30 bits per heavy atom. The molecule has 0 saturated carbocycles. The number of rotatable bonds is 4. The van der Waals surface area contributed by atoms with E-state index in [0.717, 1.165) is 20.8 Å². The smallest absolute Gasteiger partial charge is 0.294 e. The Kier molecular flexibility index (Phi) is 4.30. The zero-order valence-electron chi connectivity index (χ0n) is 12.5. The van der Waals surface area contributed by atoms with E-state index in [1.54, 1.807) is 6.07 Å². The molecule has 0 radical (unpaired) electrons. The van der Waals surface area contributed by atoms with E-state index >= 15 is 0 Å². The lowest BCUT2D eigenvalue weighted by atomic mass is 10.0. The van der Waals surface area contributed by atoms with Gasteiger partial charge in [0.15, 0.2) is 0 Å². The first-order valence-corrected chi connectivity index (χ1v) is 8.04. The van der Waals surface area contributed by atoms with Crippen molar-refractivity contribution in [1.29, 1.82) is 0 Å². The number of fused-ring (bicyclic) bond motifs is 1. The molecule has 0 bridgehead atoms. The summed E-state index contributed by atoms with van der Waals surface area (Å²) in [4.78, 5) is 11.1. The molecule has 3 rings (SSSR count). The van der Waals surface area contributed by atoms with Crippen molar-refractivity contribution < 1.29 is 4.92 Å². The third-order valence-electron chi connectivity index (χ3n) is 3.83. The van der Waals surface area contributed by atoms with Crippen LogP contribution < -0.4 is 5.32 Å². The van der Waals surface area contributed by atoms with Crippen molar-refractivity contribution in [2.24, 2.45) is 0 Å². The van der Waals surface area contributed by atoms with E-state index in [0.29, 0.717) is 5.69 Å². The van der Waals surface area contributed by atoms with Crippen LogP contribution in [0.2, 0.25) is 0 Å². The predicted octanol–water partition coefficient (Wildman–Crippen LogP) is 5.68. The Morgan fingerprint density at radius 2 is 1.65 bits per heavy atom. The maximum atomic E-state index is 11.5. The first-order valence-electron chi connectivity index (χ1n) is 7.25. The van der Waals surface area contributed by atoms with Crippen molar-refractivity contribution in [2.75, 3.05) is 5.32 Å². The molecule has 0 aliphatic carbocycles. The lowest BCUT2D eigenvalue weighted by Crippen LogP contribution is -2.09. The van der Waals surface area contributed by atoms with Crippen molar-refractivity contribution in [1.82, 2.24) is 0 Å². The molecule has 0 fully saturated rings. The van der Waals surface area contributed by atoms with Gasteiger partial charge in [0.25, 0.3) is 5.69 Å². The van der Waals surface area contributed by atoms with Gasteiger partial charge in [-0.3, -0.25) is 10.1 Å². The molecule has 0 aromatic heterocycles. The van der Waals surface area contributed by atoms with Crippen LogP contribution in [0.1, 0.15) is 18.5 Å². The Morgan fingerprint density at radius 1 is 1.04 bits per heavy atom. The summed E-state index contributed by atoms with van der Waals surface area (Å²) in [5.41, 5.74) is 1.69. The van der Waals surface area contributed by atoms with Crippen LogP contribution in [-0.4, -0.2) is 4.92 Å². The number of benzene rings is 3. The highest BCUT2D eigenvalue weighted by molar-refractivity contribution is 9.10. The second-order valence-electron chi connectivity index (χ2n) is 5.33. The van der Waals surface area contributed by atoms with Gasteiger partial charge in [-0.25, -0.2) is 0 Å². The van der Waals surface area contributed by atoms with Crippen LogP contribution in [0.15, 0.2) is 65.1 Å². The zero-order valence-corrected chi connectivity index (χ0v) is 14.1. The van der Waals surface area contributed by atoms with Gasteiger partial charge in [-0.2, -0.15) is 0 Å². The summed E-state index contributed by atoms with van der Waals surface area (Å²) in [7, 11) is 0. The topological polar surface area (TPSA) is 55.2 Å². The number of anilines is 1. The Labute approximate surface area is 142 Å². The second kappa shape index (κ2) is 6.38. The highest BCUT2D eigenvalue weighted by Crippen LogP contribution is 2.39. The van der Waals surface area contributed by atoms with Gasteiger partial charge >= 0.3 is 0 Å². The number of nitrogens with one attached hydrogen (secondary N) is 1. The number of nitro benzene ring substituents is 1. The summed E-state index contributed by atoms with van der Waals surface area (Å²) in [5, 5.41) is 16.6. The zero-order chi connectivity index (χ0) is 16.4. The molecule has 4 nitrogen and oxygen atoms in total. The molecule has 0 saturated heterocycles. The quantitative estimate of drug-likeness (QED) is 0.474. The Balaban J connectivity index is 2.13. The highest BCUT2D eigenvalue weighted by atomic mass is 79.9. The molecule has 1 unspecified atom stereocenters. The summed E-state index contributed by atoms with van der Waals surface area (Å²) >= 11 is 3.43. The average Bonchev–Trinajstić information content (AvgIpc) is 2.57. The fraction of sp³-hybridized carbons (Fsp3) is 0.111. The maximum absolute atomic E-state index is 11.5. The Hall–Kier alpha value is -2.40. The van der Waals surface area contributed by atoms with Gasteiger partial charge in [-0.05, 0) is 33.8 Å². The van der Waals surface area contributed by atoms with E-state index in [1.807, 2.05) is 61.5 Å². The van der Waals surface area contributed by atoms with E-state index in [1.165, 1.54) is 0 Å². The van der Waals surface area contributed by atoms with Gasteiger partial charge in [0, 0.05) is 22.0 Å². The average molecular weight is 371 g/mol. The summed E-state index contributed by atoms with van der Waals surface area (Å²) in [5.74, 6) is 0. The van der Waals surface area contributed by atoms with Gasteiger partial charge in [0.1, 0.15) is 5.69 Å². The minimum Gasteiger partial charge on any atom is -0.372 e. The van der Waals surface area contributed by atoms with Gasteiger partial charge in [-0.1, -0.05) is 54.6 Å². The van der Waals surface area contributed by atoms with E-state index in [9.17, 15) is 10.1 Å². The molecule has 0 aliphatic rings. The molecule has 23 heavy (non-hydrogen) atoms. The van der Waals surface area contributed by atoms with Crippen LogP contribution in [-0.2, 0) is 0 Å². The van der Waals surface area contributed by atoms with Gasteiger partial charge < -0.3 is 5.32 Å². The molecule has 3 aromatic carbocycles. The van der Waals surface area contributed by atoms with Gasteiger partial charge in [0.2, 0.25) is 0 Å². The van der Waals surface area contributed by atoms with Crippen molar-refractivity contribution >= 4 is 38.1 Å². The van der Waals surface area contributed by atoms with Crippen LogP contribution in [0.3, 0.4) is 0 Å². The second-order valence-corrected chi connectivity index (χ2v) is 6.19. The largest absolute Gasteiger partial charge is 0.372 e. The van der Waals surface area contributed by atoms with Crippen LogP contribution in [0.4, 0.5) is 11.4 Å². The molecule has 5 heteroatoms. The van der Waals surface area contributed by atoms with E-state index in [2.05, 4.69) is 21.2 Å². The van der Waals surface area contributed by atoms with Crippen LogP contribution >= 0.6 is 15.9 Å². The molecule has 3 aromatic rings. The van der Waals surface area contributed by atoms with Gasteiger partial charge in [-0.15, -0.1) is 0 Å². The monoisotopic (exact) mass is 370 g/mol. The lowest BCUT2D eigenvalue weighted by Gasteiger charge is -2.18. The summed E-state index contributed by atoms with van der Waals surface area (Å²) in [6.45, 7) is 2.00. The molecular formula is C18H15BrN2O2. The van der Waals surface area contributed by atoms with Crippen LogP contribution in [0.5, 0.6) is 0 Å². The van der Waals surface area contributed by atoms with Gasteiger partial charge in [0.05, 0.1) is 4.92 Å². The Bertz CT molecular complexity index is 866. The molecule has 0 amide bonds. The first-order chi connectivity index (χ1) is 11.1. The summed E-state index contributed by atoms with van der Waals surface area (Å²) in [6.07, 6.45) is 0. The van der Waals surface area contributed by atoms with Crippen molar-refractivity contribution in [3.05, 3.63) is 80.8 Å². The van der Waals surface area contributed by atoms with Crippen molar-refractivity contribution in [3.8, 4) is 0 Å². The lowest BCUT2D eigenvalue weighted by molar-refractivity contribution is -0.383. The molecule has 1 N–H and O–H groups in total. The molecular weight excluding hydrogens is 356 g/mol. The minimum absolute atomic E-state index is 0.0421. The summed E-state index contributed by atoms with van der Waals surface area (Å²) in [6, 6.07) is 19.0. The van der Waals surface area contributed by atoms with E-state index < -0.39 is 0 Å². The van der Waals surface area contributed by atoms with Crippen molar-refractivity contribution in [3.63, 3.8) is 0 Å². The van der Waals surface area contributed by atoms with E-state index in [4.69, 9.17) is 0 Å². The molecule has 116 valence electrons. The number of hydrogen-bond acceptors (Lipinski definition) is 3. The standard InChI is InChI=1S/C18H15BrN2O2/c1-12(13-7-3-2-4-8-13)20-18-15-10-6-5-9-14(15)16(19)11-17(18)21(22)23/h2-12,20H,1H3. The fourth-order valence-corrected chi connectivity index (χ4v) is 3.22. The predicted molar refractivity (Wildman–Crippen MR) is 96.8 cm³/mol. The number of hydrogen-bond donors (Lipinski definition) is 1.